The number of rotatable bonds is 4. The van der Waals surface area contributed by atoms with E-state index in [9.17, 15) is 18.0 Å². The molecule has 1 aromatic heterocycles. The Balaban J connectivity index is 2.60. The van der Waals surface area contributed by atoms with E-state index in [-0.39, 0.29) is 6.61 Å². The van der Waals surface area contributed by atoms with Crippen LogP contribution in [0.4, 0.5) is 13.2 Å². The summed E-state index contributed by atoms with van der Waals surface area (Å²) in [6, 6.07) is 3.42. The molecule has 2 rings (SSSR count). The Morgan fingerprint density at radius 3 is 2.68 bits per heavy atom. The van der Waals surface area contributed by atoms with Crippen molar-refractivity contribution in [1.82, 2.24) is 5.43 Å². The molecule has 1 N–H and O–H groups in total. The highest BCUT2D eigenvalue weighted by Gasteiger charge is 2.45. The summed E-state index contributed by atoms with van der Waals surface area (Å²) in [5.41, 5.74) is 0.880. The summed E-state index contributed by atoms with van der Waals surface area (Å²) in [5, 5.41) is 5.56. The number of nitrogens with one attached hydrogen (secondary N) is 1. The van der Waals surface area contributed by atoms with E-state index in [4.69, 9.17) is 4.74 Å². The molecule has 0 spiro atoms. The number of nitrogens with zero attached hydrogens (tertiary/aromatic N) is 1. The number of carbonyl (C=O) groups is 1. The lowest BCUT2D eigenvalue weighted by Gasteiger charge is -2.28. The number of carbonyl (C=O) groups excluding carboxylic acids is 1. The summed E-state index contributed by atoms with van der Waals surface area (Å²) < 4.78 is 44.6. The molecule has 1 atom stereocenters. The summed E-state index contributed by atoms with van der Waals surface area (Å²) in [4.78, 5) is 12.8. The zero-order valence-corrected chi connectivity index (χ0v) is 12.8. The maximum absolute atomic E-state index is 13.2. The molecule has 0 saturated heterocycles. The van der Waals surface area contributed by atoms with E-state index >= 15 is 0 Å². The van der Waals surface area contributed by atoms with Crippen molar-refractivity contribution in [1.29, 1.82) is 0 Å². The number of alkyl halides is 3. The number of hydrogen-bond donors (Lipinski definition) is 1. The predicted octanol–water partition coefficient (Wildman–Crippen LogP) is 3.58. The lowest BCUT2D eigenvalue weighted by Crippen LogP contribution is -2.36. The first-order valence-corrected chi connectivity index (χ1v) is 7.62. The van der Waals surface area contributed by atoms with Gasteiger partial charge in [-0.1, -0.05) is 13.0 Å². The molecule has 1 aliphatic heterocycles. The maximum Gasteiger partial charge on any atom is 0.433 e. The van der Waals surface area contributed by atoms with Crippen molar-refractivity contribution in [3.8, 4) is 0 Å². The van der Waals surface area contributed by atoms with E-state index < -0.39 is 29.3 Å². The van der Waals surface area contributed by atoms with Crippen molar-refractivity contribution in [3.63, 3.8) is 0 Å². The Bertz CT molecular complexity index is 606. The average Bonchev–Trinajstić information content (AvgIpc) is 2.98. The zero-order chi connectivity index (χ0) is 16.3. The van der Waals surface area contributed by atoms with Gasteiger partial charge in [0.1, 0.15) is 5.70 Å². The number of hydrogen-bond acceptors (Lipinski definition) is 5. The van der Waals surface area contributed by atoms with Crippen molar-refractivity contribution >= 4 is 23.0 Å². The molecule has 120 valence electrons. The van der Waals surface area contributed by atoms with Crippen LogP contribution in [-0.2, 0) is 9.53 Å². The van der Waals surface area contributed by atoms with Crippen LogP contribution in [0.2, 0.25) is 0 Å². The van der Waals surface area contributed by atoms with Gasteiger partial charge in [-0.2, -0.15) is 18.3 Å². The summed E-state index contributed by atoms with van der Waals surface area (Å²) in [6.07, 6.45) is -4.29. The Labute approximate surface area is 129 Å². The molecule has 0 aromatic carbocycles. The second-order valence-electron chi connectivity index (χ2n) is 4.52. The number of esters is 1. The Kier molecular flexibility index (Phi) is 4.90. The third kappa shape index (κ3) is 3.16. The Morgan fingerprint density at radius 1 is 1.45 bits per heavy atom. The molecule has 4 nitrogen and oxygen atoms in total. The molecule has 22 heavy (non-hydrogen) atoms. The molecular formula is C14H15F3N2O2S. The van der Waals surface area contributed by atoms with Crippen molar-refractivity contribution in [2.75, 3.05) is 6.61 Å². The first kappa shape index (κ1) is 16.5. The smallest absolute Gasteiger partial charge is 0.433 e. The maximum atomic E-state index is 13.2. The van der Waals surface area contributed by atoms with Gasteiger partial charge in [0.15, 0.2) is 0 Å². The predicted molar refractivity (Wildman–Crippen MR) is 77.6 cm³/mol. The number of ether oxygens (including phenoxy) is 1. The summed E-state index contributed by atoms with van der Waals surface area (Å²) in [5.74, 6) is -1.80. The molecule has 8 heteroatoms. The fraction of sp³-hybridized carbons (Fsp3) is 0.429. The highest BCUT2D eigenvalue weighted by Crippen LogP contribution is 2.39. The molecule has 0 saturated carbocycles. The highest BCUT2D eigenvalue weighted by atomic mass is 32.1. The Hall–Kier alpha value is -1.83. The molecule has 0 radical (unpaired) electrons. The van der Waals surface area contributed by atoms with Crippen molar-refractivity contribution in [2.45, 2.75) is 32.4 Å². The molecule has 0 bridgehead atoms. The van der Waals surface area contributed by atoms with Crippen molar-refractivity contribution < 1.29 is 22.7 Å². The second kappa shape index (κ2) is 6.51. The quantitative estimate of drug-likeness (QED) is 0.858. The van der Waals surface area contributed by atoms with Crippen LogP contribution < -0.4 is 5.43 Å². The topological polar surface area (TPSA) is 50.7 Å². The van der Waals surface area contributed by atoms with Gasteiger partial charge in [0, 0.05) is 4.88 Å². The van der Waals surface area contributed by atoms with Crippen molar-refractivity contribution in [3.05, 3.63) is 33.7 Å². The van der Waals surface area contributed by atoms with Gasteiger partial charge in [0.25, 0.3) is 0 Å². The third-order valence-corrected chi connectivity index (χ3v) is 4.11. The second-order valence-corrected chi connectivity index (χ2v) is 5.50. The van der Waals surface area contributed by atoms with Crippen LogP contribution in [0.5, 0.6) is 0 Å². The molecular weight excluding hydrogens is 317 g/mol. The molecule has 0 amide bonds. The van der Waals surface area contributed by atoms with Crippen LogP contribution in [0.1, 0.15) is 31.1 Å². The number of halogens is 3. The van der Waals surface area contributed by atoms with Gasteiger partial charge in [0.2, 0.25) is 0 Å². The average molecular weight is 332 g/mol. The Morgan fingerprint density at radius 2 is 2.18 bits per heavy atom. The number of allylic oxidation sites excluding steroid dienone is 1. The minimum atomic E-state index is -4.71. The molecule has 1 aliphatic rings. The minimum absolute atomic E-state index is 0.00321. The van der Waals surface area contributed by atoms with Crippen LogP contribution in [0.15, 0.2) is 33.9 Å². The monoisotopic (exact) mass is 332 g/mol. The fourth-order valence-electron chi connectivity index (χ4n) is 2.25. The normalized spacial score (nSPS) is 18.8. The SMILES string of the molecule is CCOC(=O)C1=C(C(F)(F)F)NN=C(CC)C1c1cccs1. The fourth-order valence-corrected chi connectivity index (χ4v) is 3.11. The van der Waals surface area contributed by atoms with E-state index in [0.29, 0.717) is 17.0 Å². The first-order chi connectivity index (χ1) is 10.4. The number of hydrazone groups is 1. The summed E-state index contributed by atoms with van der Waals surface area (Å²) in [7, 11) is 0. The summed E-state index contributed by atoms with van der Waals surface area (Å²) >= 11 is 1.28. The van der Waals surface area contributed by atoms with E-state index in [1.807, 2.05) is 5.43 Å². The van der Waals surface area contributed by atoms with E-state index in [1.165, 1.54) is 11.3 Å². The third-order valence-electron chi connectivity index (χ3n) is 3.17. The van der Waals surface area contributed by atoms with E-state index in [0.717, 1.165) is 0 Å². The lowest BCUT2D eigenvalue weighted by molar-refractivity contribution is -0.140. The molecule has 1 unspecified atom stereocenters. The minimum Gasteiger partial charge on any atom is -0.463 e. The molecule has 2 heterocycles. The molecule has 0 aliphatic carbocycles. The lowest BCUT2D eigenvalue weighted by atomic mass is 9.88. The van der Waals surface area contributed by atoms with Gasteiger partial charge >= 0.3 is 12.1 Å². The van der Waals surface area contributed by atoms with E-state index in [2.05, 4.69) is 5.10 Å². The van der Waals surface area contributed by atoms with Crippen LogP contribution in [0.3, 0.4) is 0 Å². The van der Waals surface area contributed by atoms with Crippen LogP contribution >= 0.6 is 11.3 Å². The van der Waals surface area contributed by atoms with E-state index in [1.54, 1.807) is 31.4 Å². The van der Waals surface area contributed by atoms with Gasteiger partial charge < -0.3 is 4.74 Å². The summed E-state index contributed by atoms with van der Waals surface area (Å²) in [6.45, 7) is 3.34. The van der Waals surface area contributed by atoms with Crippen LogP contribution in [-0.4, -0.2) is 24.5 Å². The van der Waals surface area contributed by atoms with Gasteiger partial charge in [0.05, 0.1) is 23.8 Å². The first-order valence-electron chi connectivity index (χ1n) is 6.74. The van der Waals surface area contributed by atoms with Crippen LogP contribution in [0, 0.1) is 0 Å². The van der Waals surface area contributed by atoms with Gasteiger partial charge in [-0.05, 0) is 24.8 Å². The number of thiophene rings is 1. The zero-order valence-electron chi connectivity index (χ0n) is 12.0. The standard InChI is InChI=1S/C14H15F3N2O2S/c1-3-8-10(9-6-5-7-22-9)11(13(20)21-4-2)12(19-18-8)14(15,16)17/h5-7,10,19H,3-4H2,1-2H3. The van der Waals surface area contributed by atoms with Crippen LogP contribution in [0.25, 0.3) is 0 Å². The van der Waals surface area contributed by atoms with Gasteiger partial charge in [-0.25, -0.2) is 4.79 Å². The highest BCUT2D eigenvalue weighted by molar-refractivity contribution is 7.10. The molecule has 0 fully saturated rings. The van der Waals surface area contributed by atoms with Gasteiger partial charge in [-0.15, -0.1) is 11.3 Å². The molecule has 1 aromatic rings. The largest absolute Gasteiger partial charge is 0.463 e. The van der Waals surface area contributed by atoms with Gasteiger partial charge in [-0.3, -0.25) is 5.43 Å². The van der Waals surface area contributed by atoms with Crippen molar-refractivity contribution in [2.24, 2.45) is 5.10 Å².